The van der Waals surface area contributed by atoms with Crippen LogP contribution in [-0.4, -0.2) is 41.2 Å². The van der Waals surface area contributed by atoms with Crippen LogP contribution in [0.1, 0.15) is 60.2 Å². The fraction of sp³-hybridized carbons (Fsp3) is 0.440. The molecule has 0 N–H and O–H groups in total. The monoisotopic (exact) mass is 644 g/mol. The SMILES string of the molecule is CC[C@@H](Br)[C@@H]1CC[C@@H](OC(=O)c2ccc(Br)cc2)[C@@H](OC(=O)c2ccc(Br)cc2)C[C@@H](C)O1. The molecule has 1 saturated heterocycles. The van der Waals surface area contributed by atoms with Crippen LogP contribution in [0.2, 0.25) is 0 Å². The smallest absolute Gasteiger partial charge is 0.338 e. The Morgan fingerprint density at radius 3 is 1.88 bits per heavy atom. The maximum atomic E-state index is 12.9. The standard InChI is InChI=1S/C25H27Br3O5/c1-3-20(28)21-12-13-22(32-24(29)16-4-8-18(26)9-5-16)23(14-15(2)31-21)33-25(30)17-6-10-19(27)11-7-17/h4-11,15,20-23H,3,12-14H2,1-2H3/t15-,20-,21+,22-,23+/m1/s1. The zero-order chi connectivity index (χ0) is 24.0. The molecule has 3 rings (SSSR count). The van der Waals surface area contributed by atoms with Crippen molar-refractivity contribution >= 4 is 59.7 Å². The van der Waals surface area contributed by atoms with Gasteiger partial charge in [0.05, 0.1) is 23.3 Å². The van der Waals surface area contributed by atoms with E-state index in [0.717, 1.165) is 15.4 Å². The molecular weight excluding hydrogens is 620 g/mol. The van der Waals surface area contributed by atoms with Gasteiger partial charge in [-0.15, -0.1) is 0 Å². The molecule has 0 unspecified atom stereocenters. The van der Waals surface area contributed by atoms with E-state index in [-0.39, 0.29) is 17.0 Å². The Balaban J connectivity index is 1.80. The first-order valence-electron chi connectivity index (χ1n) is 11.0. The van der Waals surface area contributed by atoms with Gasteiger partial charge in [0.15, 0.2) is 0 Å². The lowest BCUT2D eigenvalue weighted by Gasteiger charge is -2.35. The Kier molecular flexibility index (Phi) is 9.97. The summed E-state index contributed by atoms with van der Waals surface area (Å²) in [5, 5.41) is 0. The van der Waals surface area contributed by atoms with Gasteiger partial charge in [0, 0.05) is 20.2 Å². The molecule has 5 nitrogen and oxygen atoms in total. The fourth-order valence-corrected chi connectivity index (χ4v) is 4.70. The molecule has 178 valence electrons. The van der Waals surface area contributed by atoms with E-state index in [4.69, 9.17) is 14.2 Å². The van der Waals surface area contributed by atoms with Gasteiger partial charge in [-0.25, -0.2) is 9.59 Å². The topological polar surface area (TPSA) is 61.8 Å². The number of hydrogen-bond donors (Lipinski definition) is 0. The van der Waals surface area contributed by atoms with Gasteiger partial charge >= 0.3 is 11.9 Å². The summed E-state index contributed by atoms with van der Waals surface area (Å²) in [7, 11) is 0. The Labute approximate surface area is 219 Å². The Morgan fingerprint density at radius 1 is 0.909 bits per heavy atom. The van der Waals surface area contributed by atoms with Gasteiger partial charge < -0.3 is 14.2 Å². The summed E-state index contributed by atoms with van der Waals surface area (Å²) in [6.07, 6.45) is 1.18. The first-order chi connectivity index (χ1) is 15.8. The van der Waals surface area contributed by atoms with E-state index in [1.807, 2.05) is 6.92 Å². The van der Waals surface area contributed by atoms with Crippen LogP contribution < -0.4 is 0 Å². The van der Waals surface area contributed by atoms with Gasteiger partial charge in [0.25, 0.3) is 0 Å². The molecule has 1 aliphatic rings. The molecule has 2 aromatic carbocycles. The Bertz CT molecular complexity index is 932. The number of hydrogen-bond acceptors (Lipinski definition) is 5. The van der Waals surface area contributed by atoms with Crippen molar-refractivity contribution in [2.75, 3.05) is 0 Å². The van der Waals surface area contributed by atoms with Crippen molar-refractivity contribution in [2.45, 2.75) is 68.8 Å². The number of esters is 2. The molecule has 8 heteroatoms. The van der Waals surface area contributed by atoms with E-state index in [0.29, 0.717) is 30.4 Å². The van der Waals surface area contributed by atoms with Crippen molar-refractivity contribution in [2.24, 2.45) is 0 Å². The molecule has 0 radical (unpaired) electrons. The zero-order valence-electron chi connectivity index (χ0n) is 18.5. The molecule has 1 aliphatic heterocycles. The van der Waals surface area contributed by atoms with Crippen molar-refractivity contribution in [3.63, 3.8) is 0 Å². The van der Waals surface area contributed by atoms with E-state index in [1.165, 1.54) is 0 Å². The number of halogens is 3. The number of ether oxygens (including phenoxy) is 3. The second-order valence-corrected chi connectivity index (χ2v) is 11.1. The molecule has 0 bridgehead atoms. The lowest BCUT2D eigenvalue weighted by molar-refractivity contribution is -0.0954. The number of alkyl halides is 1. The first kappa shape index (κ1) is 26.4. The second-order valence-electron chi connectivity index (χ2n) is 8.12. The normalized spacial score (nSPS) is 24.3. The summed E-state index contributed by atoms with van der Waals surface area (Å²) in [6, 6.07) is 14.0. The van der Waals surface area contributed by atoms with Crippen LogP contribution in [0, 0.1) is 0 Å². The highest BCUT2D eigenvalue weighted by molar-refractivity contribution is 9.10. The molecule has 5 atom stereocenters. The summed E-state index contributed by atoms with van der Waals surface area (Å²) in [6.45, 7) is 4.06. The molecule has 0 saturated carbocycles. The third-order valence-electron chi connectivity index (χ3n) is 5.59. The zero-order valence-corrected chi connectivity index (χ0v) is 23.3. The molecule has 0 aliphatic carbocycles. The summed E-state index contributed by atoms with van der Waals surface area (Å²) in [5.74, 6) is -0.887. The number of benzene rings is 2. The van der Waals surface area contributed by atoms with Crippen LogP contribution in [0.15, 0.2) is 57.5 Å². The quantitative estimate of drug-likeness (QED) is 0.248. The Hall–Kier alpha value is -1.22. The maximum Gasteiger partial charge on any atom is 0.338 e. The number of carbonyl (C=O) groups excluding carboxylic acids is 2. The van der Waals surface area contributed by atoms with Gasteiger partial charge in [0.2, 0.25) is 0 Å². The van der Waals surface area contributed by atoms with Crippen molar-refractivity contribution in [1.29, 1.82) is 0 Å². The van der Waals surface area contributed by atoms with Gasteiger partial charge in [0.1, 0.15) is 12.2 Å². The van der Waals surface area contributed by atoms with Gasteiger partial charge in [-0.3, -0.25) is 0 Å². The lowest BCUT2D eigenvalue weighted by Crippen LogP contribution is -2.42. The van der Waals surface area contributed by atoms with Crippen LogP contribution in [0.5, 0.6) is 0 Å². The third-order valence-corrected chi connectivity index (χ3v) is 7.89. The van der Waals surface area contributed by atoms with Crippen molar-refractivity contribution in [3.8, 4) is 0 Å². The van der Waals surface area contributed by atoms with E-state index in [9.17, 15) is 9.59 Å². The van der Waals surface area contributed by atoms with Crippen LogP contribution in [0.3, 0.4) is 0 Å². The third kappa shape index (κ3) is 7.64. The minimum Gasteiger partial charge on any atom is -0.455 e. The fourth-order valence-electron chi connectivity index (χ4n) is 3.79. The van der Waals surface area contributed by atoms with Gasteiger partial charge in [-0.05, 0) is 74.7 Å². The first-order valence-corrected chi connectivity index (χ1v) is 13.5. The van der Waals surface area contributed by atoms with Gasteiger partial charge in [-0.1, -0.05) is 54.7 Å². The summed E-state index contributed by atoms with van der Waals surface area (Å²) in [4.78, 5) is 25.9. The predicted molar refractivity (Wildman–Crippen MR) is 138 cm³/mol. The molecule has 0 aromatic heterocycles. The minimum absolute atomic E-state index is 0.0120. The van der Waals surface area contributed by atoms with E-state index >= 15 is 0 Å². The highest BCUT2D eigenvalue weighted by atomic mass is 79.9. The van der Waals surface area contributed by atoms with Crippen LogP contribution in [0.4, 0.5) is 0 Å². The van der Waals surface area contributed by atoms with Gasteiger partial charge in [-0.2, -0.15) is 0 Å². The summed E-state index contributed by atoms with van der Waals surface area (Å²) >= 11 is 10.5. The average molecular weight is 647 g/mol. The predicted octanol–water partition coefficient (Wildman–Crippen LogP) is 7.09. The van der Waals surface area contributed by atoms with Crippen LogP contribution >= 0.6 is 47.8 Å². The largest absolute Gasteiger partial charge is 0.455 e. The average Bonchev–Trinajstić information content (AvgIpc) is 2.79. The van der Waals surface area contributed by atoms with Crippen LogP contribution in [-0.2, 0) is 14.2 Å². The molecule has 1 heterocycles. The summed E-state index contributed by atoms with van der Waals surface area (Å²) in [5.41, 5.74) is 0.891. The molecule has 0 amide bonds. The van der Waals surface area contributed by atoms with Crippen molar-refractivity contribution < 1.29 is 23.8 Å². The molecule has 33 heavy (non-hydrogen) atoms. The van der Waals surface area contributed by atoms with Crippen LogP contribution in [0.25, 0.3) is 0 Å². The molecule has 1 fully saturated rings. The van der Waals surface area contributed by atoms with Crippen molar-refractivity contribution in [3.05, 3.63) is 68.6 Å². The van der Waals surface area contributed by atoms with E-state index in [1.54, 1.807) is 48.5 Å². The highest BCUT2D eigenvalue weighted by Gasteiger charge is 2.36. The van der Waals surface area contributed by atoms with Crippen molar-refractivity contribution in [1.82, 2.24) is 0 Å². The molecular formula is C25H27Br3O5. The Morgan fingerprint density at radius 2 is 1.39 bits per heavy atom. The number of rotatable bonds is 6. The number of carbonyl (C=O) groups is 2. The molecule has 2 aromatic rings. The second kappa shape index (κ2) is 12.5. The molecule has 0 spiro atoms. The van der Waals surface area contributed by atoms with E-state index in [2.05, 4.69) is 54.7 Å². The lowest BCUT2D eigenvalue weighted by atomic mass is 9.96. The highest BCUT2D eigenvalue weighted by Crippen LogP contribution is 2.29. The van der Waals surface area contributed by atoms with E-state index < -0.39 is 24.1 Å². The minimum atomic E-state index is -0.619. The maximum absolute atomic E-state index is 12.9. The summed E-state index contributed by atoms with van der Waals surface area (Å²) < 4.78 is 19.8.